The summed E-state index contributed by atoms with van der Waals surface area (Å²) in [5, 5.41) is 3.40. The lowest BCUT2D eigenvalue weighted by Crippen LogP contribution is -2.35. The lowest BCUT2D eigenvalue weighted by molar-refractivity contribution is -0.150. The van der Waals surface area contributed by atoms with Gasteiger partial charge in [0.05, 0.1) is 10.0 Å². The van der Waals surface area contributed by atoms with Crippen molar-refractivity contribution >= 4 is 41.2 Å². The van der Waals surface area contributed by atoms with Crippen molar-refractivity contribution in [2.75, 3.05) is 0 Å². The SMILES string of the molecule is C[C@H](OC(=O)/C=C/c1ccc(Cl)c(Cl)c1)C(=O)NCc1ccc(F)cc1. The number of halogens is 3. The molecule has 0 aliphatic carbocycles. The standard InChI is InChI=1S/C19H16Cl2FNO3/c1-12(19(25)23-11-14-2-6-15(22)7-3-14)26-18(24)9-5-13-4-8-16(20)17(21)10-13/h2-10,12H,11H2,1H3,(H,23,25)/b9-5+/t12-/m0/s1. The van der Waals surface area contributed by atoms with Gasteiger partial charge in [-0.15, -0.1) is 0 Å². The van der Waals surface area contributed by atoms with Gasteiger partial charge in [-0.05, 0) is 48.4 Å². The predicted octanol–water partition coefficient (Wildman–Crippen LogP) is 4.39. The Hall–Kier alpha value is -2.37. The van der Waals surface area contributed by atoms with Gasteiger partial charge in [0.1, 0.15) is 5.82 Å². The number of benzene rings is 2. The molecule has 0 saturated heterocycles. The van der Waals surface area contributed by atoms with E-state index in [1.54, 1.807) is 30.3 Å². The van der Waals surface area contributed by atoms with Crippen LogP contribution in [0, 0.1) is 5.82 Å². The summed E-state index contributed by atoms with van der Waals surface area (Å²) < 4.78 is 17.9. The molecule has 0 radical (unpaired) electrons. The smallest absolute Gasteiger partial charge is 0.331 e. The molecule has 1 N–H and O–H groups in total. The number of carbonyl (C=O) groups is 2. The van der Waals surface area contributed by atoms with Gasteiger partial charge in [0.15, 0.2) is 6.10 Å². The second-order valence-corrected chi connectivity index (χ2v) is 6.24. The molecule has 0 aliphatic rings. The molecule has 26 heavy (non-hydrogen) atoms. The van der Waals surface area contributed by atoms with Crippen molar-refractivity contribution in [3.05, 3.63) is 75.5 Å². The van der Waals surface area contributed by atoms with E-state index in [9.17, 15) is 14.0 Å². The van der Waals surface area contributed by atoms with E-state index < -0.39 is 18.0 Å². The maximum absolute atomic E-state index is 12.8. The summed E-state index contributed by atoms with van der Waals surface area (Å²) in [6.07, 6.45) is 1.73. The first-order chi connectivity index (χ1) is 12.3. The van der Waals surface area contributed by atoms with Gasteiger partial charge in [0, 0.05) is 12.6 Å². The minimum absolute atomic E-state index is 0.208. The zero-order chi connectivity index (χ0) is 19.1. The number of hydrogen-bond acceptors (Lipinski definition) is 3. The number of esters is 1. The van der Waals surface area contributed by atoms with Gasteiger partial charge < -0.3 is 10.1 Å². The lowest BCUT2D eigenvalue weighted by Gasteiger charge is -2.12. The Morgan fingerprint density at radius 1 is 1.15 bits per heavy atom. The molecule has 0 bridgehead atoms. The van der Waals surface area contributed by atoms with Crippen molar-refractivity contribution in [2.24, 2.45) is 0 Å². The van der Waals surface area contributed by atoms with Crippen LogP contribution in [0.5, 0.6) is 0 Å². The molecule has 2 aromatic rings. The van der Waals surface area contributed by atoms with E-state index >= 15 is 0 Å². The van der Waals surface area contributed by atoms with E-state index in [-0.39, 0.29) is 12.4 Å². The topological polar surface area (TPSA) is 55.4 Å². The maximum atomic E-state index is 12.8. The fraction of sp³-hybridized carbons (Fsp3) is 0.158. The molecule has 1 amide bonds. The first-order valence-corrected chi connectivity index (χ1v) is 8.46. The zero-order valence-corrected chi connectivity index (χ0v) is 15.4. The summed E-state index contributed by atoms with van der Waals surface area (Å²) in [6, 6.07) is 10.6. The van der Waals surface area contributed by atoms with Gasteiger partial charge in [-0.1, -0.05) is 41.4 Å². The number of hydrogen-bond donors (Lipinski definition) is 1. The Balaban J connectivity index is 1.83. The molecule has 0 aromatic heterocycles. The Labute approximate surface area is 160 Å². The molecular formula is C19H16Cl2FNO3. The fourth-order valence-electron chi connectivity index (χ4n) is 1.98. The first-order valence-electron chi connectivity index (χ1n) is 7.71. The van der Waals surface area contributed by atoms with Crippen LogP contribution < -0.4 is 5.32 Å². The molecular weight excluding hydrogens is 380 g/mol. The minimum atomic E-state index is -0.971. The highest BCUT2D eigenvalue weighted by Crippen LogP contribution is 2.23. The van der Waals surface area contributed by atoms with Crippen LogP contribution in [0.1, 0.15) is 18.1 Å². The third kappa shape index (κ3) is 6.17. The number of carbonyl (C=O) groups excluding carboxylic acids is 2. The van der Waals surface area contributed by atoms with Gasteiger partial charge in [-0.25, -0.2) is 9.18 Å². The number of nitrogens with one attached hydrogen (secondary N) is 1. The molecule has 0 saturated carbocycles. The molecule has 0 unspecified atom stereocenters. The van der Waals surface area contributed by atoms with Crippen molar-refractivity contribution in [2.45, 2.75) is 19.6 Å². The largest absolute Gasteiger partial charge is 0.449 e. The van der Waals surface area contributed by atoms with E-state index in [1.807, 2.05) is 0 Å². The Morgan fingerprint density at radius 3 is 2.50 bits per heavy atom. The predicted molar refractivity (Wildman–Crippen MR) is 99.3 cm³/mol. The first kappa shape index (κ1) is 19.9. The highest BCUT2D eigenvalue weighted by molar-refractivity contribution is 6.42. The van der Waals surface area contributed by atoms with Crippen molar-refractivity contribution in [3.8, 4) is 0 Å². The van der Waals surface area contributed by atoms with Crippen LogP contribution in [0.25, 0.3) is 6.08 Å². The van der Waals surface area contributed by atoms with E-state index in [2.05, 4.69) is 5.32 Å². The third-order valence-corrected chi connectivity index (χ3v) is 4.14. The lowest BCUT2D eigenvalue weighted by atomic mass is 10.2. The maximum Gasteiger partial charge on any atom is 0.331 e. The van der Waals surface area contributed by atoms with Gasteiger partial charge >= 0.3 is 5.97 Å². The molecule has 2 rings (SSSR count). The van der Waals surface area contributed by atoms with Crippen LogP contribution in [0.4, 0.5) is 4.39 Å². The van der Waals surface area contributed by atoms with Crippen molar-refractivity contribution in [1.29, 1.82) is 0 Å². The van der Waals surface area contributed by atoms with E-state index in [4.69, 9.17) is 27.9 Å². The Kier molecular flexibility index (Phi) is 7.18. The second kappa shape index (κ2) is 9.36. The fourth-order valence-corrected chi connectivity index (χ4v) is 2.29. The van der Waals surface area contributed by atoms with Gasteiger partial charge in [-0.3, -0.25) is 4.79 Å². The quantitative estimate of drug-likeness (QED) is 0.582. The van der Waals surface area contributed by atoms with Gasteiger partial charge in [0.25, 0.3) is 5.91 Å². The Morgan fingerprint density at radius 2 is 1.85 bits per heavy atom. The summed E-state index contributed by atoms with van der Waals surface area (Å²) in [4.78, 5) is 23.8. The van der Waals surface area contributed by atoms with E-state index in [0.29, 0.717) is 15.6 Å². The Bertz CT molecular complexity index is 822. The van der Waals surface area contributed by atoms with Crippen LogP contribution in [-0.2, 0) is 20.9 Å². The average Bonchev–Trinajstić information content (AvgIpc) is 2.62. The third-order valence-electron chi connectivity index (χ3n) is 3.40. The summed E-state index contributed by atoms with van der Waals surface area (Å²) in [6.45, 7) is 1.67. The zero-order valence-electron chi connectivity index (χ0n) is 13.8. The number of ether oxygens (including phenoxy) is 1. The molecule has 4 nitrogen and oxygen atoms in total. The van der Waals surface area contributed by atoms with Crippen molar-refractivity contribution < 1.29 is 18.7 Å². The average molecular weight is 396 g/mol. The molecule has 136 valence electrons. The van der Waals surface area contributed by atoms with Crippen LogP contribution in [0.15, 0.2) is 48.5 Å². The van der Waals surface area contributed by atoms with Crippen LogP contribution in [-0.4, -0.2) is 18.0 Å². The van der Waals surface area contributed by atoms with Gasteiger partial charge in [0.2, 0.25) is 0 Å². The molecule has 7 heteroatoms. The normalized spacial score (nSPS) is 12.0. The minimum Gasteiger partial charge on any atom is -0.449 e. The van der Waals surface area contributed by atoms with E-state index in [0.717, 1.165) is 5.56 Å². The van der Waals surface area contributed by atoms with Gasteiger partial charge in [-0.2, -0.15) is 0 Å². The summed E-state index contributed by atoms with van der Waals surface area (Å²) >= 11 is 11.7. The molecule has 2 aromatic carbocycles. The second-order valence-electron chi connectivity index (χ2n) is 5.43. The summed E-state index contributed by atoms with van der Waals surface area (Å²) in [5.41, 5.74) is 1.41. The number of rotatable bonds is 6. The van der Waals surface area contributed by atoms with E-state index in [1.165, 1.54) is 31.2 Å². The molecule has 0 spiro atoms. The highest BCUT2D eigenvalue weighted by Gasteiger charge is 2.16. The van der Waals surface area contributed by atoms with Crippen LogP contribution in [0.2, 0.25) is 10.0 Å². The van der Waals surface area contributed by atoms with Crippen LogP contribution in [0.3, 0.4) is 0 Å². The number of amides is 1. The molecule has 0 aliphatic heterocycles. The highest BCUT2D eigenvalue weighted by atomic mass is 35.5. The molecule has 0 fully saturated rings. The van der Waals surface area contributed by atoms with Crippen molar-refractivity contribution in [3.63, 3.8) is 0 Å². The summed E-state index contributed by atoms with van der Waals surface area (Å²) in [7, 11) is 0. The van der Waals surface area contributed by atoms with Crippen LogP contribution >= 0.6 is 23.2 Å². The molecule has 1 atom stereocenters. The monoisotopic (exact) mass is 395 g/mol. The summed E-state index contributed by atoms with van der Waals surface area (Å²) in [5.74, 6) is -1.47. The molecule has 0 heterocycles. The van der Waals surface area contributed by atoms with Crippen molar-refractivity contribution in [1.82, 2.24) is 5.32 Å².